The zero-order chi connectivity index (χ0) is 45.6. The molecule has 5 aliphatic rings. The number of H-pyrrole nitrogens is 1. The number of nitrogens with two attached hydrogens (primary N) is 1. The first-order chi connectivity index (χ1) is 28.3. The Balaban J connectivity index is 0.000000696. The molecule has 0 fully saturated rings. The van der Waals surface area contributed by atoms with Gasteiger partial charge in [0.2, 0.25) is 0 Å². The second-order valence-corrected chi connectivity index (χ2v) is 17.0. The van der Waals surface area contributed by atoms with E-state index in [9.17, 15) is 19.2 Å². The van der Waals surface area contributed by atoms with Crippen LogP contribution in [0, 0.1) is 3.95 Å². The lowest BCUT2D eigenvalue weighted by atomic mass is 10.1. The molecule has 1 aromatic heterocycles. The fraction of sp³-hybridized carbons (Fsp3) is 0.571. The first-order valence-corrected chi connectivity index (χ1v) is 22.1. The van der Waals surface area contributed by atoms with Crippen LogP contribution in [-0.2, 0) is 19.2 Å². The molecule has 5 aliphatic heterocycles. The first-order valence-electron chi connectivity index (χ1n) is 19.9. The number of aromatic nitrogens is 1. The number of hydrogen-bond acceptors (Lipinski definition) is 12. The molecule has 0 aromatic carbocycles. The number of carbonyl (C=O) groups excluding carboxylic acids is 1. The number of ketones is 1. The summed E-state index contributed by atoms with van der Waals surface area (Å²) in [4.78, 5) is 53.7. The Kier molecular flexibility index (Phi) is 31.4. The highest BCUT2D eigenvalue weighted by atomic mass is 35.5. The Bertz CT molecular complexity index is 1720. The van der Waals surface area contributed by atoms with Crippen molar-refractivity contribution in [3.8, 4) is 0 Å². The van der Waals surface area contributed by atoms with Crippen LogP contribution in [0.3, 0.4) is 0 Å². The number of nitrogens with one attached hydrogen (secondary N) is 2. The van der Waals surface area contributed by atoms with Gasteiger partial charge in [-0.3, -0.25) is 9.59 Å². The van der Waals surface area contributed by atoms with Gasteiger partial charge in [0.25, 0.3) is 0 Å². The van der Waals surface area contributed by atoms with Crippen molar-refractivity contribution in [3.05, 3.63) is 67.7 Å². The maximum absolute atomic E-state index is 11.1. The van der Waals surface area contributed by atoms with Crippen molar-refractivity contribution in [2.45, 2.75) is 59.3 Å². The normalized spacial score (nSPS) is 18.0. The topological polar surface area (TPSA) is 196 Å². The smallest absolute Gasteiger partial charge is 0.331 e. The van der Waals surface area contributed by atoms with Crippen LogP contribution in [0.4, 0.5) is 0 Å². The number of aromatic amines is 1. The average Bonchev–Trinajstić information content (AvgIpc) is 3.66. The van der Waals surface area contributed by atoms with Gasteiger partial charge in [-0.15, -0.1) is 22.9 Å². The zero-order valence-electron chi connectivity index (χ0n) is 36.4. The highest BCUT2D eigenvalue weighted by Crippen LogP contribution is 2.22. The minimum atomic E-state index is -0.781. The van der Waals surface area contributed by atoms with E-state index in [1.807, 2.05) is 20.2 Å². The molecule has 338 valence electrons. The minimum Gasteiger partial charge on any atom is -0.481 e. The molecule has 0 saturated heterocycles. The molecule has 14 nitrogen and oxygen atoms in total. The fourth-order valence-electron chi connectivity index (χ4n) is 5.22. The molecule has 0 saturated carbocycles. The summed E-state index contributed by atoms with van der Waals surface area (Å²) in [6.07, 6.45) is 14.8. The van der Waals surface area contributed by atoms with E-state index < -0.39 is 17.9 Å². The van der Waals surface area contributed by atoms with Crippen LogP contribution in [0.15, 0.2) is 58.1 Å². The van der Waals surface area contributed by atoms with Crippen LogP contribution in [0.2, 0.25) is 0 Å². The summed E-state index contributed by atoms with van der Waals surface area (Å²) in [6.45, 7) is 15.0. The Hall–Kier alpha value is -3.39. The Labute approximate surface area is 376 Å². The molecule has 0 radical (unpaired) electrons. The Morgan fingerprint density at radius 2 is 1.22 bits per heavy atom. The number of halogens is 1. The number of carboxylic acid groups (broad SMARTS) is 3. The number of hydrogen-bond donors (Lipinski definition) is 6. The van der Waals surface area contributed by atoms with E-state index in [1.165, 1.54) is 24.2 Å². The molecule has 0 atom stereocenters. The Morgan fingerprint density at radius 3 is 1.52 bits per heavy atom. The minimum absolute atomic E-state index is 0.0831. The number of alkyl halides is 1. The summed E-state index contributed by atoms with van der Waals surface area (Å²) in [7, 11) is 8.32. The van der Waals surface area contributed by atoms with Crippen molar-refractivity contribution in [2.24, 2.45) is 5.73 Å². The molecular formula is C42H68ClN7O7S3. The third-order valence-corrected chi connectivity index (χ3v) is 10.4. The average molecular weight is 915 g/mol. The van der Waals surface area contributed by atoms with Crippen LogP contribution in [-0.4, -0.2) is 168 Å². The highest BCUT2D eigenvalue weighted by Gasteiger charge is 2.14. The van der Waals surface area contributed by atoms with Crippen molar-refractivity contribution in [1.82, 2.24) is 29.9 Å². The lowest BCUT2D eigenvalue weighted by molar-refractivity contribution is -0.137. The first kappa shape index (κ1) is 56.6. The molecule has 6 rings (SSSR count). The summed E-state index contributed by atoms with van der Waals surface area (Å²) in [5, 5.41) is 29.8. The third-order valence-electron chi connectivity index (χ3n) is 9.14. The summed E-state index contributed by atoms with van der Waals surface area (Å²) in [5.74, 6) is -2.09. The number of thiazole rings is 1. The van der Waals surface area contributed by atoms with E-state index in [1.54, 1.807) is 42.9 Å². The summed E-state index contributed by atoms with van der Waals surface area (Å²) >= 11 is 16.4. The second kappa shape index (κ2) is 33.3. The maximum atomic E-state index is 11.1. The van der Waals surface area contributed by atoms with E-state index in [4.69, 9.17) is 44.9 Å². The molecule has 0 aliphatic carbocycles. The van der Waals surface area contributed by atoms with Gasteiger partial charge in [0, 0.05) is 81.8 Å². The largest absolute Gasteiger partial charge is 0.481 e. The quantitative estimate of drug-likeness (QED) is 0.111. The zero-order valence-corrected chi connectivity index (χ0v) is 39.6. The lowest BCUT2D eigenvalue weighted by Crippen LogP contribution is -2.26. The van der Waals surface area contributed by atoms with E-state index >= 15 is 0 Å². The van der Waals surface area contributed by atoms with Crippen LogP contribution in [0.5, 0.6) is 0 Å². The maximum Gasteiger partial charge on any atom is 0.331 e. The predicted molar refractivity (Wildman–Crippen MR) is 253 cm³/mol. The van der Waals surface area contributed by atoms with Crippen molar-refractivity contribution in [3.63, 3.8) is 0 Å². The van der Waals surface area contributed by atoms with Gasteiger partial charge in [0.1, 0.15) is 0 Å². The van der Waals surface area contributed by atoms with Crippen LogP contribution in [0.25, 0.3) is 5.57 Å². The van der Waals surface area contributed by atoms with Gasteiger partial charge in [0.05, 0.1) is 16.6 Å². The number of nitrogens with zero attached hydrogens (tertiary/aromatic N) is 4. The molecule has 7 N–H and O–H groups in total. The molecular weight excluding hydrogens is 846 g/mol. The van der Waals surface area contributed by atoms with Gasteiger partial charge < -0.3 is 51.0 Å². The number of thiocarbonyl (C=S) groups is 1. The molecule has 0 bridgehead atoms. The second-order valence-electron chi connectivity index (χ2n) is 14.6. The van der Waals surface area contributed by atoms with Gasteiger partial charge in [-0.2, -0.15) is 0 Å². The number of carboxylic acids is 3. The van der Waals surface area contributed by atoms with Gasteiger partial charge in [0.15, 0.2) is 9.74 Å². The standard InChI is InChI=1S/C9H12N2S2.C8H12ClNO.C7H11NO2.C7H13N.C6H9NO2.C3H6O2.C2H5NS/c1-11-4-2-7(3-5-11)8-6-13-9(12)10-8;1-10-4-2-7(3-5-10)8(11)6-9;1-8-4-2-6(3-5-8)7(9)10;1-7-3-5-8(2)6-4-7;8-6(9)5-1-3-7-4-2-5;1-2-3(4)5;1-2(3)4/h2,6H,3-5H2,1H3,(H,10,12);2H,3-6H2,1H3;2H,3-5H2,1H3,(H,9,10);3H,4-6H2,1-2H3;1,7H,2-4H2,(H,8,9);2H2,1H3,(H,4,5);1H3,(H2,3,4). The van der Waals surface area contributed by atoms with Crippen molar-refractivity contribution < 1.29 is 34.5 Å². The summed E-state index contributed by atoms with van der Waals surface area (Å²) < 4.78 is 0.870. The van der Waals surface area contributed by atoms with Crippen molar-refractivity contribution >= 4 is 81.6 Å². The molecule has 0 amide bonds. The van der Waals surface area contributed by atoms with Gasteiger partial charge in [-0.05, 0) is 104 Å². The molecule has 0 spiro atoms. The number of Topliss-reactive ketones (excluding diaryl/α,β-unsaturated/α-hetero) is 1. The number of likely N-dealkylation sites (N-methyl/N-ethyl adjacent to an activating group) is 4. The molecule has 6 heterocycles. The van der Waals surface area contributed by atoms with E-state index in [2.05, 4.69) is 80.7 Å². The monoisotopic (exact) mass is 913 g/mol. The number of carbonyl (C=O) groups is 4. The Morgan fingerprint density at radius 1 is 0.767 bits per heavy atom. The van der Waals surface area contributed by atoms with Crippen molar-refractivity contribution in [2.75, 3.05) is 99.5 Å². The van der Waals surface area contributed by atoms with E-state index in [0.29, 0.717) is 35.5 Å². The third kappa shape index (κ3) is 29.0. The fourth-order valence-corrected chi connectivity index (χ4v) is 6.25. The van der Waals surface area contributed by atoms with Gasteiger partial charge >= 0.3 is 17.9 Å². The van der Waals surface area contributed by atoms with E-state index in [-0.39, 0.29) is 18.1 Å². The molecule has 0 unspecified atom stereocenters. The number of aliphatic carboxylic acids is 3. The number of rotatable bonds is 6. The SMILES string of the molecule is CC(N)=S.CC1=CCN(C)CC1.CCC(=O)O.CN1CC=C(C(=O)CCl)CC1.CN1CC=C(C(=O)O)CC1.CN1CC=C(c2csc(=S)[nH]2)CC1.O=C(O)C1=CCNCC1. The molecule has 60 heavy (non-hydrogen) atoms. The van der Waals surface area contributed by atoms with Gasteiger partial charge in [-0.1, -0.05) is 55.1 Å². The van der Waals surface area contributed by atoms with Crippen LogP contribution >= 0.6 is 47.4 Å². The predicted octanol–water partition coefficient (Wildman–Crippen LogP) is 5.95. The lowest BCUT2D eigenvalue weighted by Gasteiger charge is -2.21. The van der Waals surface area contributed by atoms with E-state index in [0.717, 1.165) is 74.7 Å². The van der Waals surface area contributed by atoms with Crippen molar-refractivity contribution in [1.29, 1.82) is 0 Å². The molecule has 18 heteroatoms. The highest BCUT2D eigenvalue weighted by molar-refractivity contribution is 7.80. The van der Waals surface area contributed by atoms with Gasteiger partial charge in [-0.25, -0.2) is 9.59 Å². The molecule has 1 aromatic rings. The summed E-state index contributed by atoms with van der Waals surface area (Å²) in [5.41, 5.74) is 11.0. The van der Waals surface area contributed by atoms with Crippen LogP contribution < -0.4 is 11.1 Å². The van der Waals surface area contributed by atoms with Crippen LogP contribution in [0.1, 0.15) is 65.0 Å². The summed E-state index contributed by atoms with van der Waals surface area (Å²) in [6, 6.07) is 0.